The molecule has 0 aromatic heterocycles. The summed E-state index contributed by atoms with van der Waals surface area (Å²) in [5.74, 6) is 0. The van der Waals surface area contributed by atoms with Gasteiger partial charge in [-0.3, -0.25) is 0 Å². The highest BCUT2D eigenvalue weighted by atomic mass is 19.4. The molecule has 0 saturated carbocycles. The van der Waals surface area contributed by atoms with Gasteiger partial charge < -0.3 is 9.64 Å². The predicted molar refractivity (Wildman–Crippen MR) is 76.5 cm³/mol. The second kappa shape index (κ2) is 5.48. The summed E-state index contributed by atoms with van der Waals surface area (Å²) in [5.41, 5.74) is 0.133. The molecule has 2 rings (SSSR count). The number of benzene rings is 1. The molecule has 0 fully saturated rings. The SMILES string of the molecule is CC1c2ccc(C(F)(F)F)cc2CCN1C(=O)OC(C)(C)C. The second-order valence-electron chi connectivity index (χ2n) is 6.51. The molecule has 1 aromatic rings. The summed E-state index contributed by atoms with van der Waals surface area (Å²) in [6.45, 7) is 7.49. The molecule has 3 nitrogen and oxygen atoms in total. The van der Waals surface area contributed by atoms with Gasteiger partial charge in [0.1, 0.15) is 5.60 Å². The van der Waals surface area contributed by atoms with Crippen molar-refractivity contribution < 1.29 is 22.7 Å². The molecule has 122 valence electrons. The van der Waals surface area contributed by atoms with Crippen molar-refractivity contribution in [3.63, 3.8) is 0 Å². The third-order valence-corrected chi connectivity index (χ3v) is 3.64. The van der Waals surface area contributed by atoms with E-state index in [1.165, 1.54) is 12.1 Å². The Labute approximate surface area is 128 Å². The summed E-state index contributed by atoms with van der Waals surface area (Å²) in [7, 11) is 0. The highest BCUT2D eigenvalue weighted by Crippen LogP contribution is 2.35. The van der Waals surface area contributed by atoms with Gasteiger partial charge in [0.15, 0.2) is 0 Å². The Morgan fingerprint density at radius 1 is 1.27 bits per heavy atom. The molecule has 1 aliphatic heterocycles. The van der Waals surface area contributed by atoms with Crippen LogP contribution in [0.1, 0.15) is 50.4 Å². The smallest absolute Gasteiger partial charge is 0.416 e. The minimum Gasteiger partial charge on any atom is -0.444 e. The monoisotopic (exact) mass is 315 g/mol. The zero-order valence-electron chi connectivity index (χ0n) is 13.1. The van der Waals surface area contributed by atoms with Crippen LogP contribution in [0.5, 0.6) is 0 Å². The van der Waals surface area contributed by atoms with E-state index in [0.29, 0.717) is 18.5 Å². The largest absolute Gasteiger partial charge is 0.444 e. The van der Waals surface area contributed by atoms with Gasteiger partial charge in [-0.25, -0.2) is 4.79 Å². The highest BCUT2D eigenvalue weighted by molar-refractivity contribution is 5.69. The summed E-state index contributed by atoms with van der Waals surface area (Å²) in [4.78, 5) is 13.7. The molecule has 1 amide bonds. The minimum absolute atomic E-state index is 0.305. The molecule has 0 saturated heterocycles. The number of fused-ring (bicyclic) bond motifs is 1. The predicted octanol–water partition coefficient (Wildman–Crippen LogP) is 4.56. The molecule has 0 radical (unpaired) electrons. The average Bonchev–Trinajstić information content (AvgIpc) is 2.35. The van der Waals surface area contributed by atoms with Crippen molar-refractivity contribution in [1.82, 2.24) is 4.90 Å². The van der Waals surface area contributed by atoms with Crippen LogP contribution in [0.25, 0.3) is 0 Å². The molecule has 1 aliphatic rings. The molecule has 0 aliphatic carbocycles. The lowest BCUT2D eigenvalue weighted by molar-refractivity contribution is -0.137. The first-order valence-corrected chi connectivity index (χ1v) is 7.18. The first-order valence-electron chi connectivity index (χ1n) is 7.18. The first-order chi connectivity index (χ1) is 9.99. The van der Waals surface area contributed by atoms with Gasteiger partial charge in [-0.15, -0.1) is 0 Å². The fourth-order valence-electron chi connectivity index (χ4n) is 2.58. The van der Waals surface area contributed by atoms with Crippen molar-refractivity contribution in [3.8, 4) is 0 Å². The van der Waals surface area contributed by atoms with Gasteiger partial charge in [0, 0.05) is 6.54 Å². The molecule has 0 N–H and O–H groups in total. The number of hydrogen-bond donors (Lipinski definition) is 0. The van der Waals surface area contributed by atoms with Gasteiger partial charge in [0.05, 0.1) is 11.6 Å². The fraction of sp³-hybridized carbons (Fsp3) is 0.562. The number of rotatable bonds is 0. The fourth-order valence-corrected chi connectivity index (χ4v) is 2.58. The van der Waals surface area contributed by atoms with Gasteiger partial charge in [-0.05, 0) is 57.4 Å². The maximum absolute atomic E-state index is 12.8. The number of carbonyl (C=O) groups excluding carboxylic acids is 1. The van der Waals surface area contributed by atoms with Crippen LogP contribution in [0.15, 0.2) is 18.2 Å². The molecule has 0 spiro atoms. The topological polar surface area (TPSA) is 29.5 Å². The minimum atomic E-state index is -4.35. The lowest BCUT2D eigenvalue weighted by Crippen LogP contribution is -2.42. The molecule has 1 aromatic carbocycles. The van der Waals surface area contributed by atoms with Gasteiger partial charge >= 0.3 is 12.3 Å². The van der Waals surface area contributed by atoms with E-state index in [-0.39, 0.29) is 6.04 Å². The van der Waals surface area contributed by atoms with Gasteiger partial charge in [-0.2, -0.15) is 13.2 Å². The van der Waals surface area contributed by atoms with Crippen molar-refractivity contribution in [2.45, 2.75) is 51.9 Å². The molecular weight excluding hydrogens is 295 g/mol. The Hall–Kier alpha value is -1.72. The third kappa shape index (κ3) is 3.54. The zero-order valence-corrected chi connectivity index (χ0v) is 13.1. The van der Waals surface area contributed by atoms with Crippen molar-refractivity contribution in [2.75, 3.05) is 6.54 Å². The van der Waals surface area contributed by atoms with Crippen LogP contribution < -0.4 is 0 Å². The van der Waals surface area contributed by atoms with E-state index in [4.69, 9.17) is 4.74 Å². The lowest BCUT2D eigenvalue weighted by Gasteiger charge is -2.36. The summed E-state index contributed by atoms with van der Waals surface area (Å²) in [6.07, 6.45) is -4.39. The number of carbonyl (C=O) groups is 1. The van der Waals surface area contributed by atoms with Crippen LogP contribution >= 0.6 is 0 Å². The Kier molecular flexibility index (Phi) is 4.15. The van der Waals surface area contributed by atoms with E-state index in [1.54, 1.807) is 32.6 Å². The van der Waals surface area contributed by atoms with Crippen molar-refractivity contribution in [2.24, 2.45) is 0 Å². The molecule has 22 heavy (non-hydrogen) atoms. The molecule has 6 heteroatoms. The molecule has 1 atom stereocenters. The number of amides is 1. The number of alkyl halides is 3. The summed E-state index contributed by atoms with van der Waals surface area (Å²) >= 11 is 0. The van der Waals surface area contributed by atoms with E-state index in [1.807, 2.05) is 0 Å². The summed E-state index contributed by atoms with van der Waals surface area (Å²) < 4.78 is 43.6. The Balaban J connectivity index is 2.24. The van der Waals surface area contributed by atoms with Gasteiger partial charge in [0.2, 0.25) is 0 Å². The standard InChI is InChI=1S/C16H20F3NO2/c1-10-13-6-5-12(16(17,18)19)9-11(13)7-8-20(10)14(21)22-15(2,3)4/h5-6,9-10H,7-8H2,1-4H3. The molecular formula is C16H20F3NO2. The van der Waals surface area contributed by atoms with Crippen LogP contribution in [0.4, 0.5) is 18.0 Å². The normalized spacial score (nSPS) is 18.9. The lowest BCUT2D eigenvalue weighted by atomic mass is 9.92. The molecule has 0 bridgehead atoms. The third-order valence-electron chi connectivity index (χ3n) is 3.64. The van der Waals surface area contributed by atoms with Gasteiger partial charge in [-0.1, -0.05) is 6.07 Å². The van der Waals surface area contributed by atoms with Crippen LogP contribution in [0.3, 0.4) is 0 Å². The quantitative estimate of drug-likeness (QED) is 0.702. The van der Waals surface area contributed by atoms with Crippen molar-refractivity contribution in [1.29, 1.82) is 0 Å². The number of hydrogen-bond acceptors (Lipinski definition) is 2. The Morgan fingerprint density at radius 2 is 1.91 bits per heavy atom. The Bertz CT molecular complexity index is 576. The van der Waals surface area contributed by atoms with Crippen molar-refractivity contribution >= 4 is 6.09 Å². The van der Waals surface area contributed by atoms with Crippen LogP contribution in [-0.4, -0.2) is 23.1 Å². The molecule has 1 heterocycles. The number of halogens is 3. The zero-order chi connectivity index (χ0) is 16.7. The van der Waals surface area contributed by atoms with Crippen LogP contribution in [0.2, 0.25) is 0 Å². The first kappa shape index (κ1) is 16.6. The maximum Gasteiger partial charge on any atom is 0.416 e. The van der Waals surface area contributed by atoms with Crippen molar-refractivity contribution in [3.05, 3.63) is 34.9 Å². The van der Waals surface area contributed by atoms with E-state index in [2.05, 4.69) is 0 Å². The second-order valence-corrected chi connectivity index (χ2v) is 6.51. The van der Waals surface area contributed by atoms with E-state index in [0.717, 1.165) is 11.6 Å². The van der Waals surface area contributed by atoms with Crippen LogP contribution in [-0.2, 0) is 17.3 Å². The number of nitrogens with zero attached hydrogens (tertiary/aromatic N) is 1. The number of ether oxygens (including phenoxy) is 1. The van der Waals surface area contributed by atoms with Crippen LogP contribution in [0, 0.1) is 0 Å². The molecule has 1 unspecified atom stereocenters. The van der Waals surface area contributed by atoms with E-state index < -0.39 is 23.4 Å². The Morgan fingerprint density at radius 3 is 2.45 bits per heavy atom. The summed E-state index contributed by atoms with van der Waals surface area (Å²) in [6, 6.07) is 3.40. The highest BCUT2D eigenvalue weighted by Gasteiger charge is 2.34. The van der Waals surface area contributed by atoms with E-state index >= 15 is 0 Å². The van der Waals surface area contributed by atoms with Gasteiger partial charge in [0.25, 0.3) is 0 Å². The van der Waals surface area contributed by atoms with E-state index in [9.17, 15) is 18.0 Å². The maximum atomic E-state index is 12.8. The summed E-state index contributed by atoms with van der Waals surface area (Å²) in [5, 5.41) is 0. The average molecular weight is 315 g/mol.